The molecule has 0 radical (unpaired) electrons. The number of rotatable bonds is 12. The van der Waals surface area contributed by atoms with Crippen molar-refractivity contribution in [3.63, 3.8) is 0 Å². The highest BCUT2D eigenvalue weighted by Gasteiger charge is 2.23. The fourth-order valence-electron chi connectivity index (χ4n) is 2.98. The molecule has 0 aliphatic rings. The Morgan fingerprint density at radius 2 is 1.97 bits per heavy atom. The number of nitrogens with one attached hydrogen (secondary N) is 1. The molecule has 1 rings (SSSR count). The molecular weight excluding hydrogens is 428 g/mol. The summed E-state index contributed by atoms with van der Waals surface area (Å²) >= 11 is 5.85. The molecule has 8 heteroatoms. The van der Waals surface area contributed by atoms with Gasteiger partial charge in [-0.3, -0.25) is 4.79 Å². The number of hydrogen-bond acceptors (Lipinski definition) is 6. The molecule has 29 heavy (non-hydrogen) atoms. The summed E-state index contributed by atoms with van der Waals surface area (Å²) in [5, 5.41) is 2.87. The second-order valence-corrected chi connectivity index (χ2v) is 8.59. The number of amides is 1. The van der Waals surface area contributed by atoms with Crippen LogP contribution in [0.1, 0.15) is 60.5 Å². The van der Waals surface area contributed by atoms with Gasteiger partial charge in [-0.2, -0.15) is 24.4 Å². The summed E-state index contributed by atoms with van der Waals surface area (Å²) < 4.78 is 4.85. The van der Waals surface area contributed by atoms with Gasteiger partial charge < -0.3 is 15.8 Å². The molecule has 1 aromatic rings. The zero-order chi connectivity index (χ0) is 21.1. The topological polar surface area (TPSA) is 81.4 Å². The van der Waals surface area contributed by atoms with Gasteiger partial charge in [-0.25, -0.2) is 4.79 Å². The molecule has 0 heterocycles. The molecule has 0 spiro atoms. The summed E-state index contributed by atoms with van der Waals surface area (Å²) in [6, 6.07) is 5.49. The standard InChI is InChI=1S/C21H34N2O3S2.ClH/c1-14(2)17-9-8-15(6-5-7-16(22)13-27)12-18(17)20(24)23-19(10-11-28-4)21(25)26-3;/h8-9,12,14,16,19,27H,5-7,10-11,13,22H2,1-4H3,(H,23,24);1H/t16-,19+;/m1./s1. The van der Waals surface area contributed by atoms with Crippen LogP contribution in [0.15, 0.2) is 18.2 Å². The molecule has 0 fully saturated rings. The number of aryl methyl sites for hydroxylation is 1. The summed E-state index contributed by atoms with van der Waals surface area (Å²) in [6.45, 7) is 4.12. The van der Waals surface area contributed by atoms with Crippen LogP contribution in [0.25, 0.3) is 0 Å². The number of thioether (sulfide) groups is 1. The number of hydrogen-bond donors (Lipinski definition) is 3. The van der Waals surface area contributed by atoms with Gasteiger partial charge >= 0.3 is 5.97 Å². The van der Waals surface area contributed by atoms with E-state index < -0.39 is 12.0 Å². The lowest BCUT2D eigenvalue weighted by Crippen LogP contribution is -2.42. The molecular formula is C21H35ClN2O3S2. The third kappa shape index (κ3) is 9.64. The summed E-state index contributed by atoms with van der Waals surface area (Å²) in [5.41, 5.74) is 8.63. The van der Waals surface area contributed by atoms with Gasteiger partial charge in [0.15, 0.2) is 0 Å². The Bertz CT molecular complexity index is 644. The number of carbonyl (C=O) groups excluding carboxylic acids is 2. The van der Waals surface area contributed by atoms with Gasteiger partial charge in [0, 0.05) is 17.4 Å². The van der Waals surface area contributed by atoms with E-state index in [9.17, 15) is 9.59 Å². The minimum Gasteiger partial charge on any atom is -0.467 e. The molecule has 3 N–H and O–H groups in total. The predicted octanol–water partition coefficient (Wildman–Crippen LogP) is 3.84. The first-order chi connectivity index (χ1) is 13.3. The first kappa shape index (κ1) is 28.1. The minimum absolute atomic E-state index is 0. The van der Waals surface area contributed by atoms with Gasteiger partial charge in [-0.1, -0.05) is 26.0 Å². The van der Waals surface area contributed by atoms with Crippen LogP contribution in [0.5, 0.6) is 0 Å². The molecule has 1 aromatic carbocycles. The van der Waals surface area contributed by atoms with Gasteiger partial charge in [0.25, 0.3) is 5.91 Å². The number of carbonyl (C=O) groups is 2. The van der Waals surface area contributed by atoms with Crippen LogP contribution in [0, 0.1) is 0 Å². The van der Waals surface area contributed by atoms with Crippen LogP contribution in [0.2, 0.25) is 0 Å². The van der Waals surface area contributed by atoms with Crippen molar-refractivity contribution in [3.8, 4) is 0 Å². The van der Waals surface area contributed by atoms with E-state index in [0.29, 0.717) is 17.7 Å². The maximum Gasteiger partial charge on any atom is 0.328 e. The predicted molar refractivity (Wildman–Crippen MR) is 129 cm³/mol. The Labute approximate surface area is 191 Å². The summed E-state index contributed by atoms with van der Waals surface area (Å²) in [5.74, 6) is 1.00. The van der Waals surface area contributed by atoms with E-state index in [1.165, 1.54) is 7.11 Å². The molecule has 2 atom stereocenters. The normalized spacial score (nSPS) is 12.8. The molecule has 0 bridgehead atoms. The van der Waals surface area contributed by atoms with Crippen molar-refractivity contribution in [1.29, 1.82) is 0 Å². The van der Waals surface area contributed by atoms with Crippen LogP contribution >= 0.6 is 36.8 Å². The maximum atomic E-state index is 13.0. The molecule has 5 nitrogen and oxygen atoms in total. The molecule has 0 unspecified atom stereocenters. The van der Waals surface area contributed by atoms with E-state index in [4.69, 9.17) is 10.5 Å². The van der Waals surface area contributed by atoms with Crippen molar-refractivity contribution >= 4 is 48.7 Å². The zero-order valence-electron chi connectivity index (χ0n) is 17.8. The second-order valence-electron chi connectivity index (χ2n) is 7.24. The highest BCUT2D eigenvalue weighted by molar-refractivity contribution is 7.98. The first-order valence-electron chi connectivity index (χ1n) is 9.70. The van der Waals surface area contributed by atoms with Gasteiger partial charge in [0.1, 0.15) is 6.04 Å². The van der Waals surface area contributed by atoms with E-state index in [-0.39, 0.29) is 30.3 Å². The van der Waals surface area contributed by atoms with Crippen molar-refractivity contribution < 1.29 is 14.3 Å². The monoisotopic (exact) mass is 462 g/mol. The Morgan fingerprint density at radius 1 is 1.28 bits per heavy atom. The fraction of sp³-hybridized carbons (Fsp3) is 0.619. The summed E-state index contributed by atoms with van der Waals surface area (Å²) in [6.07, 6.45) is 5.21. The third-order valence-corrected chi connectivity index (χ3v) is 5.77. The Morgan fingerprint density at radius 3 is 2.52 bits per heavy atom. The van der Waals surface area contributed by atoms with Gasteiger partial charge in [0.2, 0.25) is 0 Å². The lowest BCUT2D eigenvalue weighted by atomic mass is 9.93. The lowest BCUT2D eigenvalue weighted by molar-refractivity contribution is -0.142. The van der Waals surface area contributed by atoms with Gasteiger partial charge in [0.05, 0.1) is 7.11 Å². The number of thiol groups is 1. The van der Waals surface area contributed by atoms with E-state index in [1.54, 1.807) is 11.8 Å². The molecule has 0 aliphatic carbocycles. The number of nitrogens with two attached hydrogens (primary N) is 1. The lowest BCUT2D eigenvalue weighted by Gasteiger charge is -2.19. The fourth-order valence-corrected chi connectivity index (χ4v) is 3.64. The van der Waals surface area contributed by atoms with Crippen molar-refractivity contribution in [3.05, 3.63) is 34.9 Å². The van der Waals surface area contributed by atoms with E-state index in [1.807, 2.05) is 18.4 Å². The van der Waals surface area contributed by atoms with Crippen LogP contribution < -0.4 is 11.1 Å². The Hall–Kier alpha value is -0.890. The quantitative estimate of drug-likeness (QED) is 0.325. The third-order valence-electron chi connectivity index (χ3n) is 4.66. The van der Waals surface area contributed by atoms with Crippen LogP contribution in [0.4, 0.5) is 0 Å². The minimum atomic E-state index is -0.637. The van der Waals surface area contributed by atoms with Gasteiger partial charge in [-0.05, 0) is 60.8 Å². The van der Waals surface area contributed by atoms with Crippen molar-refractivity contribution in [2.45, 2.75) is 57.5 Å². The van der Waals surface area contributed by atoms with E-state index in [0.717, 1.165) is 36.1 Å². The Balaban J connectivity index is 0.00000784. The molecule has 0 aromatic heterocycles. The summed E-state index contributed by atoms with van der Waals surface area (Å²) in [4.78, 5) is 25.0. The highest BCUT2D eigenvalue weighted by atomic mass is 35.5. The van der Waals surface area contributed by atoms with Crippen LogP contribution in [-0.2, 0) is 16.0 Å². The highest BCUT2D eigenvalue weighted by Crippen LogP contribution is 2.22. The number of halogens is 1. The number of esters is 1. The van der Waals surface area contributed by atoms with E-state index in [2.05, 4.69) is 37.9 Å². The van der Waals surface area contributed by atoms with Crippen LogP contribution in [0.3, 0.4) is 0 Å². The SMILES string of the molecule is COC(=O)[C@H](CCSC)NC(=O)c1cc(CCC[C@@H](N)CS)ccc1C(C)C.Cl. The van der Waals surface area contributed by atoms with Crippen LogP contribution in [-0.4, -0.2) is 48.8 Å². The number of methoxy groups -OCH3 is 1. The molecule has 1 amide bonds. The molecule has 0 saturated carbocycles. The van der Waals surface area contributed by atoms with Crippen molar-refractivity contribution in [1.82, 2.24) is 5.32 Å². The number of benzene rings is 1. The number of ether oxygens (including phenoxy) is 1. The summed E-state index contributed by atoms with van der Waals surface area (Å²) in [7, 11) is 1.34. The molecule has 0 saturated heterocycles. The smallest absolute Gasteiger partial charge is 0.328 e. The van der Waals surface area contributed by atoms with E-state index >= 15 is 0 Å². The largest absolute Gasteiger partial charge is 0.467 e. The average Bonchev–Trinajstić information content (AvgIpc) is 2.69. The molecule has 166 valence electrons. The Kier molecular flexibility index (Phi) is 14.5. The first-order valence-corrected chi connectivity index (χ1v) is 11.7. The average molecular weight is 463 g/mol. The zero-order valence-corrected chi connectivity index (χ0v) is 20.3. The van der Waals surface area contributed by atoms with Crippen molar-refractivity contribution in [2.24, 2.45) is 5.73 Å². The van der Waals surface area contributed by atoms with Gasteiger partial charge in [-0.15, -0.1) is 12.4 Å². The maximum absolute atomic E-state index is 13.0. The second kappa shape index (κ2) is 15.0. The molecule has 0 aliphatic heterocycles. The van der Waals surface area contributed by atoms with Crippen molar-refractivity contribution in [2.75, 3.05) is 24.9 Å².